The highest BCUT2D eigenvalue weighted by Gasteiger charge is 2.30. The number of carbonyl (C=O) groups is 1. The van der Waals surface area contributed by atoms with Crippen LogP contribution in [0.5, 0.6) is 0 Å². The first kappa shape index (κ1) is 21.2. The highest BCUT2D eigenvalue weighted by Crippen LogP contribution is 2.29. The van der Waals surface area contributed by atoms with E-state index in [9.17, 15) is 4.79 Å². The van der Waals surface area contributed by atoms with E-state index in [4.69, 9.17) is 0 Å². The molecule has 1 fully saturated rings. The predicted octanol–water partition coefficient (Wildman–Crippen LogP) is 4.10. The van der Waals surface area contributed by atoms with Gasteiger partial charge in [-0.1, -0.05) is 42.5 Å². The molecule has 0 bridgehead atoms. The van der Waals surface area contributed by atoms with Gasteiger partial charge in [0.2, 0.25) is 5.91 Å². The maximum Gasteiger partial charge on any atom is 0.224 e. The fraction of sp³-hybridized carbons (Fsp3) is 0.346. The number of amides is 1. The molecule has 0 radical (unpaired) electrons. The zero-order valence-corrected chi connectivity index (χ0v) is 18.1. The third-order valence-corrected chi connectivity index (χ3v) is 5.88. The Bertz CT molecular complexity index is 977. The molecule has 1 N–H and O–H groups in total. The SMILES string of the molecule is Cc1cccc(CN2CCC[C@@H]([C@@H](NC(=O)Cc3ccccc3)c3ccccn3)C2)n1. The van der Waals surface area contributed by atoms with E-state index < -0.39 is 0 Å². The lowest BCUT2D eigenvalue weighted by atomic mass is 9.88. The molecule has 5 nitrogen and oxygen atoms in total. The number of likely N-dealkylation sites (tertiary alicyclic amines) is 1. The second-order valence-corrected chi connectivity index (χ2v) is 8.37. The molecule has 1 saturated heterocycles. The molecule has 31 heavy (non-hydrogen) atoms. The normalized spacial score (nSPS) is 17.8. The maximum atomic E-state index is 12.9. The summed E-state index contributed by atoms with van der Waals surface area (Å²) in [4.78, 5) is 24.6. The molecule has 3 heterocycles. The van der Waals surface area contributed by atoms with Gasteiger partial charge in [0.25, 0.3) is 0 Å². The van der Waals surface area contributed by atoms with Gasteiger partial charge in [-0.3, -0.25) is 19.7 Å². The number of nitrogens with one attached hydrogen (secondary N) is 1. The Hall–Kier alpha value is -3.05. The molecular formula is C26H30N4O. The van der Waals surface area contributed by atoms with Crippen molar-refractivity contribution in [3.05, 3.63) is 95.6 Å². The zero-order chi connectivity index (χ0) is 21.5. The number of hydrogen-bond donors (Lipinski definition) is 1. The second kappa shape index (κ2) is 10.3. The Labute approximate surface area is 184 Å². The molecule has 0 spiro atoms. The van der Waals surface area contributed by atoms with Gasteiger partial charge >= 0.3 is 0 Å². The van der Waals surface area contributed by atoms with E-state index in [1.54, 1.807) is 0 Å². The predicted molar refractivity (Wildman–Crippen MR) is 122 cm³/mol. The summed E-state index contributed by atoms with van der Waals surface area (Å²) in [5.74, 6) is 0.354. The lowest BCUT2D eigenvalue weighted by molar-refractivity contribution is -0.121. The van der Waals surface area contributed by atoms with E-state index >= 15 is 0 Å². The lowest BCUT2D eigenvalue weighted by Gasteiger charge is -2.37. The summed E-state index contributed by atoms with van der Waals surface area (Å²) >= 11 is 0. The minimum absolute atomic E-state index is 0.0410. The molecule has 4 rings (SSSR count). The Morgan fingerprint density at radius 3 is 2.71 bits per heavy atom. The summed E-state index contributed by atoms with van der Waals surface area (Å²) in [6, 6.07) is 21.9. The van der Waals surface area contributed by atoms with Crippen LogP contribution in [0.1, 0.15) is 41.5 Å². The molecule has 160 valence electrons. The second-order valence-electron chi connectivity index (χ2n) is 8.37. The average molecular weight is 415 g/mol. The van der Waals surface area contributed by atoms with Gasteiger partial charge in [0.05, 0.1) is 23.9 Å². The Morgan fingerprint density at radius 2 is 1.94 bits per heavy atom. The number of nitrogens with zero attached hydrogens (tertiary/aromatic N) is 3. The van der Waals surface area contributed by atoms with E-state index in [1.807, 2.05) is 67.7 Å². The Balaban J connectivity index is 1.47. The van der Waals surface area contributed by atoms with Crippen LogP contribution in [0.2, 0.25) is 0 Å². The van der Waals surface area contributed by atoms with Gasteiger partial charge in [0.1, 0.15) is 0 Å². The molecule has 0 saturated carbocycles. The number of pyridine rings is 2. The molecule has 3 aromatic rings. The van der Waals surface area contributed by atoms with Crippen LogP contribution in [0.25, 0.3) is 0 Å². The van der Waals surface area contributed by atoms with Crippen molar-refractivity contribution in [3.8, 4) is 0 Å². The first-order chi connectivity index (χ1) is 15.2. The molecule has 1 aromatic carbocycles. The number of aromatic nitrogens is 2. The number of rotatable bonds is 7. The third kappa shape index (κ3) is 5.98. The number of aryl methyl sites for hydroxylation is 1. The number of carbonyl (C=O) groups excluding carboxylic acids is 1. The smallest absolute Gasteiger partial charge is 0.224 e. The van der Waals surface area contributed by atoms with Gasteiger partial charge in [0, 0.05) is 25.0 Å². The van der Waals surface area contributed by atoms with Crippen LogP contribution >= 0.6 is 0 Å². The fourth-order valence-corrected chi connectivity index (χ4v) is 4.42. The maximum absolute atomic E-state index is 12.9. The summed E-state index contributed by atoms with van der Waals surface area (Å²) in [6.45, 7) is 4.84. The Kier molecular flexibility index (Phi) is 7.05. The van der Waals surface area contributed by atoms with Crippen LogP contribution in [0.3, 0.4) is 0 Å². The van der Waals surface area contributed by atoms with Gasteiger partial charge in [-0.05, 0) is 62.1 Å². The number of piperidine rings is 1. The van der Waals surface area contributed by atoms with Crippen molar-refractivity contribution >= 4 is 5.91 Å². The van der Waals surface area contributed by atoms with Gasteiger partial charge < -0.3 is 5.32 Å². The van der Waals surface area contributed by atoms with E-state index in [0.29, 0.717) is 12.3 Å². The fourth-order valence-electron chi connectivity index (χ4n) is 4.42. The molecule has 0 aliphatic carbocycles. The van der Waals surface area contributed by atoms with Gasteiger partial charge in [0.15, 0.2) is 0 Å². The van der Waals surface area contributed by atoms with Crippen molar-refractivity contribution < 1.29 is 4.79 Å². The monoisotopic (exact) mass is 414 g/mol. The van der Waals surface area contributed by atoms with E-state index in [1.165, 1.54) is 0 Å². The first-order valence-corrected chi connectivity index (χ1v) is 11.1. The van der Waals surface area contributed by atoms with Crippen molar-refractivity contribution in [2.75, 3.05) is 13.1 Å². The van der Waals surface area contributed by atoms with Crippen molar-refractivity contribution in [3.63, 3.8) is 0 Å². The average Bonchev–Trinajstić information content (AvgIpc) is 2.79. The van der Waals surface area contributed by atoms with Crippen molar-refractivity contribution in [1.82, 2.24) is 20.2 Å². The molecular weight excluding hydrogens is 384 g/mol. The summed E-state index contributed by atoms with van der Waals surface area (Å²) < 4.78 is 0. The molecule has 1 amide bonds. The van der Waals surface area contributed by atoms with Gasteiger partial charge in [-0.2, -0.15) is 0 Å². The largest absolute Gasteiger partial charge is 0.347 e. The zero-order valence-electron chi connectivity index (χ0n) is 18.1. The standard InChI is InChI=1S/C26H30N4O/c1-20-9-7-13-23(28-20)19-30-16-8-12-22(18-30)26(24-14-5-6-15-27-24)29-25(31)17-21-10-3-2-4-11-21/h2-7,9-11,13-15,22,26H,8,12,16-19H2,1H3,(H,29,31)/t22-,26-/m1/s1. The van der Waals surface area contributed by atoms with Crippen LogP contribution < -0.4 is 5.32 Å². The summed E-state index contributed by atoms with van der Waals surface area (Å²) in [5.41, 5.74) is 4.11. The summed E-state index contributed by atoms with van der Waals surface area (Å²) in [7, 11) is 0. The molecule has 2 aromatic heterocycles. The highest BCUT2D eigenvalue weighted by atomic mass is 16.1. The summed E-state index contributed by atoms with van der Waals surface area (Å²) in [6.07, 6.45) is 4.37. The van der Waals surface area contributed by atoms with Crippen LogP contribution in [0.4, 0.5) is 0 Å². The van der Waals surface area contributed by atoms with Crippen LogP contribution in [-0.4, -0.2) is 33.9 Å². The van der Waals surface area contributed by atoms with E-state index in [0.717, 1.165) is 55.1 Å². The van der Waals surface area contributed by atoms with Gasteiger partial charge in [-0.15, -0.1) is 0 Å². The van der Waals surface area contributed by atoms with Crippen molar-refractivity contribution in [2.45, 2.75) is 38.8 Å². The summed E-state index contributed by atoms with van der Waals surface area (Å²) in [5, 5.41) is 3.30. The van der Waals surface area contributed by atoms with Crippen molar-refractivity contribution in [2.24, 2.45) is 5.92 Å². The minimum Gasteiger partial charge on any atom is -0.347 e. The molecule has 1 aliphatic heterocycles. The topological polar surface area (TPSA) is 58.1 Å². The molecule has 2 atom stereocenters. The van der Waals surface area contributed by atoms with Crippen LogP contribution in [0, 0.1) is 12.8 Å². The quantitative estimate of drug-likeness (QED) is 0.632. The lowest BCUT2D eigenvalue weighted by Crippen LogP contribution is -2.43. The van der Waals surface area contributed by atoms with E-state index in [2.05, 4.69) is 32.3 Å². The Morgan fingerprint density at radius 1 is 1.10 bits per heavy atom. The first-order valence-electron chi connectivity index (χ1n) is 11.1. The number of benzene rings is 1. The number of hydrogen-bond acceptors (Lipinski definition) is 4. The molecule has 5 heteroatoms. The van der Waals surface area contributed by atoms with Crippen LogP contribution in [-0.2, 0) is 17.8 Å². The highest BCUT2D eigenvalue weighted by molar-refractivity contribution is 5.79. The third-order valence-electron chi connectivity index (χ3n) is 5.88. The molecule has 0 unspecified atom stereocenters. The van der Waals surface area contributed by atoms with Crippen LogP contribution in [0.15, 0.2) is 72.9 Å². The minimum atomic E-state index is -0.0920. The van der Waals surface area contributed by atoms with Crippen molar-refractivity contribution in [1.29, 1.82) is 0 Å². The van der Waals surface area contributed by atoms with E-state index in [-0.39, 0.29) is 11.9 Å². The van der Waals surface area contributed by atoms with Gasteiger partial charge in [-0.25, -0.2) is 0 Å². The molecule has 1 aliphatic rings.